The number of benzene rings is 2. The zero-order valence-electron chi connectivity index (χ0n) is 15.8. The molecular formula is C21H21N5O3. The van der Waals surface area contributed by atoms with Gasteiger partial charge >= 0.3 is 0 Å². The molecular weight excluding hydrogens is 370 g/mol. The van der Waals surface area contributed by atoms with Crippen LogP contribution < -0.4 is 0 Å². The Morgan fingerprint density at radius 3 is 2.48 bits per heavy atom. The standard InChI is InChI=1S/C21H21N5O3/c27-21(24-12-10-23(11-13-24)15-17-4-2-1-3-5-17)18-6-7-19(20(14-18)26(28)29)25-9-8-22-16-25/h1-9,14,16H,10-13,15H2. The predicted molar refractivity (Wildman–Crippen MR) is 108 cm³/mol. The van der Waals surface area contributed by atoms with Gasteiger partial charge < -0.3 is 9.47 Å². The highest BCUT2D eigenvalue weighted by atomic mass is 16.6. The molecule has 1 saturated heterocycles. The number of carbonyl (C=O) groups excluding carboxylic acids is 1. The second-order valence-electron chi connectivity index (χ2n) is 6.98. The summed E-state index contributed by atoms with van der Waals surface area (Å²) in [6, 6.07) is 14.8. The maximum atomic E-state index is 12.9. The topological polar surface area (TPSA) is 84.5 Å². The molecule has 1 amide bonds. The van der Waals surface area contributed by atoms with Gasteiger partial charge in [-0.25, -0.2) is 4.98 Å². The van der Waals surface area contributed by atoms with Gasteiger partial charge in [-0.3, -0.25) is 19.8 Å². The van der Waals surface area contributed by atoms with Gasteiger partial charge in [0.1, 0.15) is 5.69 Å². The van der Waals surface area contributed by atoms with Crippen LogP contribution in [0.25, 0.3) is 5.69 Å². The summed E-state index contributed by atoms with van der Waals surface area (Å²) < 4.78 is 1.56. The van der Waals surface area contributed by atoms with Crippen molar-refractivity contribution in [1.82, 2.24) is 19.4 Å². The Kier molecular flexibility index (Phi) is 5.35. The normalized spacial score (nSPS) is 14.7. The molecule has 2 heterocycles. The van der Waals surface area contributed by atoms with E-state index in [1.165, 1.54) is 18.0 Å². The molecule has 1 aliphatic rings. The molecule has 3 aromatic rings. The van der Waals surface area contributed by atoms with E-state index in [1.54, 1.807) is 34.0 Å². The highest BCUT2D eigenvalue weighted by molar-refractivity contribution is 5.95. The monoisotopic (exact) mass is 391 g/mol. The molecule has 4 rings (SSSR count). The zero-order valence-corrected chi connectivity index (χ0v) is 15.8. The van der Waals surface area contributed by atoms with Crippen LogP contribution in [-0.2, 0) is 6.54 Å². The average molecular weight is 391 g/mol. The number of hydrogen-bond acceptors (Lipinski definition) is 5. The summed E-state index contributed by atoms with van der Waals surface area (Å²) in [5.74, 6) is -0.176. The van der Waals surface area contributed by atoms with E-state index in [0.29, 0.717) is 24.3 Å². The quantitative estimate of drug-likeness (QED) is 0.493. The van der Waals surface area contributed by atoms with Crippen molar-refractivity contribution in [3.8, 4) is 5.69 Å². The first-order chi connectivity index (χ1) is 14.1. The van der Waals surface area contributed by atoms with Crippen molar-refractivity contribution in [1.29, 1.82) is 0 Å². The lowest BCUT2D eigenvalue weighted by atomic mass is 10.1. The summed E-state index contributed by atoms with van der Waals surface area (Å²) in [6.45, 7) is 3.60. The van der Waals surface area contributed by atoms with Gasteiger partial charge in [0.25, 0.3) is 11.6 Å². The second-order valence-corrected chi connectivity index (χ2v) is 6.98. The van der Waals surface area contributed by atoms with Crippen LogP contribution in [-0.4, -0.2) is 56.4 Å². The Bertz CT molecular complexity index is 996. The van der Waals surface area contributed by atoms with Gasteiger partial charge in [0, 0.05) is 56.7 Å². The highest BCUT2D eigenvalue weighted by Crippen LogP contribution is 2.25. The van der Waals surface area contributed by atoms with Gasteiger partial charge in [0.2, 0.25) is 0 Å². The summed E-state index contributed by atoms with van der Waals surface area (Å²) in [5, 5.41) is 11.5. The third-order valence-electron chi connectivity index (χ3n) is 5.11. The van der Waals surface area contributed by atoms with Crippen LogP contribution in [0.2, 0.25) is 0 Å². The minimum absolute atomic E-state index is 0.114. The van der Waals surface area contributed by atoms with E-state index in [0.717, 1.165) is 19.6 Å². The summed E-state index contributed by atoms with van der Waals surface area (Å²) in [6.07, 6.45) is 4.68. The Hall–Kier alpha value is -3.52. The first-order valence-corrected chi connectivity index (χ1v) is 9.44. The molecule has 0 radical (unpaired) electrons. The fourth-order valence-corrected chi connectivity index (χ4v) is 3.56. The lowest BCUT2D eigenvalue weighted by Gasteiger charge is -2.34. The van der Waals surface area contributed by atoms with Gasteiger partial charge in [0.15, 0.2) is 0 Å². The molecule has 0 N–H and O–H groups in total. The predicted octanol–water partition coefficient (Wildman–Crippen LogP) is 2.74. The molecule has 0 bridgehead atoms. The Labute approximate surface area is 168 Å². The molecule has 1 aromatic heterocycles. The Morgan fingerprint density at radius 1 is 1.07 bits per heavy atom. The van der Waals surface area contributed by atoms with Crippen molar-refractivity contribution in [2.45, 2.75) is 6.54 Å². The van der Waals surface area contributed by atoms with Crippen LogP contribution in [0, 0.1) is 10.1 Å². The molecule has 0 spiro atoms. The number of piperazine rings is 1. The fourth-order valence-electron chi connectivity index (χ4n) is 3.56. The largest absolute Gasteiger partial charge is 0.336 e. The van der Waals surface area contributed by atoms with E-state index in [-0.39, 0.29) is 11.6 Å². The minimum Gasteiger partial charge on any atom is -0.336 e. The molecule has 0 saturated carbocycles. The van der Waals surface area contributed by atoms with E-state index in [4.69, 9.17) is 0 Å². The molecule has 148 valence electrons. The van der Waals surface area contributed by atoms with Gasteiger partial charge in [-0.15, -0.1) is 0 Å². The van der Waals surface area contributed by atoms with Crippen LogP contribution in [0.15, 0.2) is 67.3 Å². The van der Waals surface area contributed by atoms with Crippen molar-refractivity contribution in [2.24, 2.45) is 0 Å². The lowest BCUT2D eigenvalue weighted by molar-refractivity contribution is -0.384. The number of amides is 1. The molecule has 2 aromatic carbocycles. The number of nitrogens with zero attached hydrogens (tertiary/aromatic N) is 5. The summed E-state index contributed by atoms with van der Waals surface area (Å²) in [4.78, 5) is 32.0. The van der Waals surface area contributed by atoms with Gasteiger partial charge in [-0.2, -0.15) is 0 Å². The molecule has 8 heteroatoms. The van der Waals surface area contributed by atoms with Gasteiger partial charge in [-0.05, 0) is 17.7 Å². The molecule has 29 heavy (non-hydrogen) atoms. The van der Waals surface area contributed by atoms with Gasteiger partial charge in [-0.1, -0.05) is 30.3 Å². The van der Waals surface area contributed by atoms with Crippen LogP contribution in [0.1, 0.15) is 15.9 Å². The first kappa shape index (κ1) is 18.8. The summed E-state index contributed by atoms with van der Waals surface area (Å²) >= 11 is 0. The molecule has 0 unspecified atom stereocenters. The summed E-state index contributed by atoms with van der Waals surface area (Å²) in [7, 11) is 0. The van der Waals surface area contributed by atoms with Crippen molar-refractivity contribution < 1.29 is 9.72 Å². The Morgan fingerprint density at radius 2 is 1.83 bits per heavy atom. The van der Waals surface area contributed by atoms with Crippen LogP contribution in [0.4, 0.5) is 5.69 Å². The minimum atomic E-state index is -0.468. The Balaban J connectivity index is 1.45. The van der Waals surface area contributed by atoms with E-state index in [2.05, 4.69) is 22.0 Å². The van der Waals surface area contributed by atoms with E-state index in [9.17, 15) is 14.9 Å². The smallest absolute Gasteiger partial charge is 0.294 e. The van der Waals surface area contributed by atoms with Gasteiger partial charge in [0.05, 0.1) is 11.3 Å². The fraction of sp³-hybridized carbons (Fsp3) is 0.238. The van der Waals surface area contributed by atoms with E-state index in [1.807, 2.05) is 18.2 Å². The van der Waals surface area contributed by atoms with Crippen molar-refractivity contribution in [3.05, 3.63) is 88.5 Å². The summed E-state index contributed by atoms with van der Waals surface area (Å²) in [5.41, 5.74) is 1.85. The first-order valence-electron chi connectivity index (χ1n) is 9.44. The van der Waals surface area contributed by atoms with Crippen molar-refractivity contribution in [2.75, 3.05) is 26.2 Å². The molecule has 0 aliphatic carbocycles. The zero-order chi connectivity index (χ0) is 20.2. The molecule has 8 nitrogen and oxygen atoms in total. The van der Waals surface area contributed by atoms with E-state index < -0.39 is 4.92 Å². The van der Waals surface area contributed by atoms with Crippen LogP contribution in [0.3, 0.4) is 0 Å². The number of imidazole rings is 1. The average Bonchev–Trinajstić information content (AvgIpc) is 3.29. The third kappa shape index (κ3) is 4.17. The maximum absolute atomic E-state index is 12.9. The van der Waals surface area contributed by atoms with Crippen molar-refractivity contribution in [3.63, 3.8) is 0 Å². The number of nitro groups is 1. The SMILES string of the molecule is O=C(c1ccc(-n2ccnc2)c([N+](=O)[O-])c1)N1CCN(Cc2ccccc2)CC1. The van der Waals surface area contributed by atoms with Crippen LogP contribution in [0.5, 0.6) is 0 Å². The van der Waals surface area contributed by atoms with Crippen LogP contribution >= 0.6 is 0 Å². The second kappa shape index (κ2) is 8.24. The molecule has 1 fully saturated rings. The molecule has 1 aliphatic heterocycles. The lowest BCUT2D eigenvalue weighted by Crippen LogP contribution is -2.48. The molecule has 0 atom stereocenters. The van der Waals surface area contributed by atoms with Crippen molar-refractivity contribution >= 4 is 11.6 Å². The number of hydrogen-bond donors (Lipinski definition) is 0. The number of aromatic nitrogens is 2. The number of nitro benzene ring substituents is 1. The number of rotatable bonds is 5. The van der Waals surface area contributed by atoms with E-state index >= 15 is 0 Å². The highest BCUT2D eigenvalue weighted by Gasteiger charge is 2.25. The maximum Gasteiger partial charge on any atom is 0.294 e. The number of carbonyl (C=O) groups is 1. The third-order valence-corrected chi connectivity index (χ3v) is 5.11.